The number of unbranched alkanes of at least 4 members (excludes halogenated alkanes) is 1. The van der Waals surface area contributed by atoms with Crippen LogP contribution in [-0.2, 0) is 4.79 Å². The molecule has 0 aromatic rings. The lowest BCUT2D eigenvalue weighted by atomic mass is 9.84. The lowest BCUT2D eigenvalue weighted by molar-refractivity contribution is 0.364. The molecule has 2 heteroatoms. The van der Waals surface area contributed by atoms with E-state index in [4.69, 9.17) is 0 Å². The fraction of sp³-hybridized carbons (Fsp3) is 0.800. The molecule has 0 bridgehead atoms. The SMILES string of the molecule is CC(CCCCC(C)C1C#CCCC1)N=C=O. The summed E-state index contributed by atoms with van der Waals surface area (Å²) in [6.45, 7) is 4.29. The van der Waals surface area contributed by atoms with Crippen LogP contribution in [0.25, 0.3) is 0 Å². The summed E-state index contributed by atoms with van der Waals surface area (Å²) >= 11 is 0. The van der Waals surface area contributed by atoms with Crippen LogP contribution in [-0.4, -0.2) is 12.1 Å². The van der Waals surface area contributed by atoms with Crippen LogP contribution in [0.15, 0.2) is 4.99 Å². The smallest absolute Gasteiger partial charge is 0.211 e. The van der Waals surface area contributed by atoms with E-state index in [-0.39, 0.29) is 6.04 Å². The van der Waals surface area contributed by atoms with Crippen LogP contribution in [0, 0.1) is 23.7 Å². The van der Waals surface area contributed by atoms with E-state index >= 15 is 0 Å². The van der Waals surface area contributed by atoms with Crippen molar-refractivity contribution in [3.8, 4) is 11.8 Å². The van der Waals surface area contributed by atoms with Crippen LogP contribution >= 0.6 is 0 Å². The molecule has 0 fully saturated rings. The highest BCUT2D eigenvalue weighted by molar-refractivity contribution is 5.33. The van der Waals surface area contributed by atoms with E-state index < -0.39 is 0 Å². The topological polar surface area (TPSA) is 29.4 Å². The van der Waals surface area contributed by atoms with E-state index in [1.807, 2.05) is 6.92 Å². The summed E-state index contributed by atoms with van der Waals surface area (Å²) in [6, 6.07) is 0.136. The van der Waals surface area contributed by atoms with Gasteiger partial charge in [0, 0.05) is 12.3 Å². The normalized spacial score (nSPS) is 21.9. The molecule has 3 unspecified atom stereocenters. The number of carbonyl (C=O) groups excluding carboxylic acids is 1. The minimum Gasteiger partial charge on any atom is -0.211 e. The van der Waals surface area contributed by atoms with Crippen molar-refractivity contribution in [3.63, 3.8) is 0 Å². The molecular weight excluding hydrogens is 210 g/mol. The van der Waals surface area contributed by atoms with Crippen molar-refractivity contribution in [2.45, 2.75) is 64.8 Å². The first-order valence-corrected chi connectivity index (χ1v) is 6.79. The summed E-state index contributed by atoms with van der Waals surface area (Å²) in [6.07, 6.45) is 9.88. The van der Waals surface area contributed by atoms with Gasteiger partial charge in [-0.05, 0) is 38.5 Å². The summed E-state index contributed by atoms with van der Waals surface area (Å²) < 4.78 is 0. The Morgan fingerprint density at radius 1 is 1.35 bits per heavy atom. The van der Waals surface area contributed by atoms with E-state index in [2.05, 4.69) is 23.8 Å². The summed E-state index contributed by atoms with van der Waals surface area (Å²) in [5, 5.41) is 0. The van der Waals surface area contributed by atoms with E-state index in [9.17, 15) is 4.79 Å². The number of rotatable bonds is 7. The molecule has 1 rings (SSSR count). The second-order valence-electron chi connectivity index (χ2n) is 5.15. The highest BCUT2D eigenvalue weighted by atomic mass is 16.1. The van der Waals surface area contributed by atoms with Gasteiger partial charge >= 0.3 is 0 Å². The van der Waals surface area contributed by atoms with Gasteiger partial charge in [0.2, 0.25) is 6.08 Å². The second kappa shape index (κ2) is 8.09. The van der Waals surface area contributed by atoms with Gasteiger partial charge in [0.1, 0.15) is 0 Å². The highest BCUT2D eigenvalue weighted by Crippen LogP contribution is 2.25. The Morgan fingerprint density at radius 3 is 2.76 bits per heavy atom. The van der Waals surface area contributed by atoms with Crippen LogP contribution < -0.4 is 0 Å². The van der Waals surface area contributed by atoms with Crippen LogP contribution in [0.3, 0.4) is 0 Å². The average molecular weight is 233 g/mol. The van der Waals surface area contributed by atoms with Crippen molar-refractivity contribution in [3.05, 3.63) is 0 Å². The van der Waals surface area contributed by atoms with E-state index in [0.717, 1.165) is 19.3 Å². The molecule has 3 atom stereocenters. The van der Waals surface area contributed by atoms with Crippen molar-refractivity contribution in [1.82, 2.24) is 0 Å². The minimum absolute atomic E-state index is 0.136. The molecule has 1 aliphatic carbocycles. The molecule has 0 aliphatic heterocycles. The molecule has 0 radical (unpaired) electrons. The molecule has 2 nitrogen and oxygen atoms in total. The fourth-order valence-electron chi connectivity index (χ4n) is 2.37. The Morgan fingerprint density at radius 2 is 2.12 bits per heavy atom. The number of hydrogen-bond acceptors (Lipinski definition) is 2. The van der Waals surface area contributed by atoms with Crippen molar-refractivity contribution in [2.24, 2.45) is 16.8 Å². The monoisotopic (exact) mass is 233 g/mol. The molecule has 0 amide bonds. The first-order valence-electron chi connectivity index (χ1n) is 6.79. The minimum atomic E-state index is 0.136. The molecule has 0 spiro atoms. The summed E-state index contributed by atoms with van der Waals surface area (Å²) in [7, 11) is 0. The van der Waals surface area contributed by atoms with Gasteiger partial charge in [0.25, 0.3) is 0 Å². The van der Waals surface area contributed by atoms with Crippen molar-refractivity contribution in [2.75, 3.05) is 0 Å². The number of hydrogen-bond donors (Lipinski definition) is 0. The van der Waals surface area contributed by atoms with E-state index in [0.29, 0.717) is 11.8 Å². The molecule has 0 N–H and O–H groups in total. The molecule has 0 heterocycles. The van der Waals surface area contributed by atoms with Gasteiger partial charge in [-0.15, -0.1) is 5.92 Å². The summed E-state index contributed by atoms with van der Waals surface area (Å²) in [5.74, 6) is 7.94. The third-order valence-corrected chi connectivity index (χ3v) is 3.60. The lowest BCUT2D eigenvalue weighted by Crippen LogP contribution is -2.12. The van der Waals surface area contributed by atoms with E-state index in [1.165, 1.54) is 25.7 Å². The van der Waals surface area contributed by atoms with Crippen molar-refractivity contribution >= 4 is 6.08 Å². The fourth-order valence-corrected chi connectivity index (χ4v) is 2.37. The van der Waals surface area contributed by atoms with Crippen molar-refractivity contribution in [1.29, 1.82) is 0 Å². The van der Waals surface area contributed by atoms with Crippen molar-refractivity contribution < 1.29 is 4.79 Å². The standard InChI is InChI=1S/C15H23NO/c1-13(15-10-4-3-5-11-15)8-6-7-9-14(2)16-12-17/h13-15H,3-4,6-10H2,1-2H3. The number of aliphatic imine (C=N–C) groups is 1. The zero-order valence-electron chi connectivity index (χ0n) is 11.0. The maximum absolute atomic E-state index is 10.1. The first kappa shape index (κ1) is 14.0. The third kappa shape index (κ3) is 5.71. The maximum atomic E-state index is 10.1. The highest BCUT2D eigenvalue weighted by Gasteiger charge is 2.16. The molecular formula is C15H23NO. The van der Waals surface area contributed by atoms with E-state index in [1.54, 1.807) is 6.08 Å². The first-order chi connectivity index (χ1) is 8.24. The predicted molar refractivity (Wildman–Crippen MR) is 70.3 cm³/mol. The van der Waals surface area contributed by atoms with Crippen LogP contribution in [0.4, 0.5) is 0 Å². The Labute approximate surface area is 105 Å². The lowest BCUT2D eigenvalue weighted by Gasteiger charge is -2.20. The van der Waals surface area contributed by atoms with Gasteiger partial charge in [-0.1, -0.05) is 25.7 Å². The van der Waals surface area contributed by atoms with Gasteiger partial charge in [-0.2, -0.15) is 0 Å². The van der Waals surface area contributed by atoms with Crippen LogP contribution in [0.5, 0.6) is 0 Å². The number of isocyanates is 1. The summed E-state index contributed by atoms with van der Waals surface area (Å²) in [4.78, 5) is 13.8. The predicted octanol–water partition coefficient (Wildman–Crippen LogP) is 3.71. The Kier molecular flexibility index (Phi) is 6.67. The van der Waals surface area contributed by atoms with Gasteiger partial charge in [0.15, 0.2) is 0 Å². The van der Waals surface area contributed by atoms with Crippen LogP contribution in [0.2, 0.25) is 0 Å². The zero-order valence-corrected chi connectivity index (χ0v) is 11.0. The number of nitrogens with zero attached hydrogens (tertiary/aromatic N) is 1. The maximum Gasteiger partial charge on any atom is 0.235 e. The second-order valence-corrected chi connectivity index (χ2v) is 5.15. The zero-order chi connectivity index (χ0) is 12.5. The van der Waals surface area contributed by atoms with Crippen LogP contribution in [0.1, 0.15) is 58.8 Å². The molecule has 0 aromatic heterocycles. The molecule has 17 heavy (non-hydrogen) atoms. The Hall–Kier alpha value is -1.06. The average Bonchev–Trinajstić information content (AvgIpc) is 2.36. The van der Waals surface area contributed by atoms with Gasteiger partial charge < -0.3 is 0 Å². The molecule has 0 aromatic carbocycles. The largest absolute Gasteiger partial charge is 0.235 e. The molecule has 94 valence electrons. The molecule has 0 saturated heterocycles. The molecule has 0 saturated carbocycles. The quantitative estimate of drug-likeness (QED) is 0.285. The van der Waals surface area contributed by atoms with Gasteiger partial charge in [0.05, 0.1) is 6.04 Å². The van der Waals surface area contributed by atoms with Gasteiger partial charge in [-0.3, -0.25) is 0 Å². The molecule has 1 aliphatic rings. The summed E-state index contributed by atoms with van der Waals surface area (Å²) in [5.41, 5.74) is 0. The third-order valence-electron chi connectivity index (χ3n) is 3.60. The Balaban J connectivity index is 2.12. The van der Waals surface area contributed by atoms with Gasteiger partial charge in [-0.25, -0.2) is 9.79 Å². The Bertz CT molecular complexity index is 320.